The number of esters is 1. The fraction of sp³-hybridized carbons (Fsp3) is 0.882. The Labute approximate surface area is 291 Å². The molecule has 3 fully saturated rings. The Morgan fingerprint density at radius 1 is 1.16 bits per heavy atom. The molecule has 0 bridgehead atoms. The number of primary amides is 1. The third-order valence-electron chi connectivity index (χ3n) is 10.7. The minimum atomic E-state index is -1.19. The zero-order chi connectivity index (χ0) is 36.8. The molecule has 6 N–H and O–H groups in total. The van der Waals surface area contributed by atoms with Crippen LogP contribution in [0, 0.1) is 17.8 Å². The molecular formula is C34H61N5O10. The Hall–Kier alpha value is -2.40. The van der Waals surface area contributed by atoms with E-state index in [1.54, 1.807) is 14.0 Å². The monoisotopic (exact) mass is 699 g/mol. The number of ketones is 1. The molecule has 3 heterocycles. The minimum Gasteiger partial charge on any atom is -0.457 e. The molecule has 3 aliphatic heterocycles. The van der Waals surface area contributed by atoms with Crippen molar-refractivity contribution in [3.05, 3.63) is 0 Å². The molecular weight excluding hydrogens is 638 g/mol. The highest BCUT2D eigenvalue weighted by Gasteiger charge is 2.57. The molecule has 282 valence electrons. The number of alkyl carbamates (subject to hydrolysis) is 1. The van der Waals surface area contributed by atoms with Crippen molar-refractivity contribution in [2.75, 3.05) is 40.8 Å². The molecule has 5 unspecified atom stereocenters. The number of aliphatic hydroxyl groups is 1. The molecule has 0 aromatic carbocycles. The fourth-order valence-corrected chi connectivity index (χ4v) is 7.83. The first-order valence-electron chi connectivity index (χ1n) is 17.6. The van der Waals surface area contributed by atoms with Crippen LogP contribution in [0.5, 0.6) is 0 Å². The lowest BCUT2D eigenvalue weighted by atomic mass is 9.78. The Morgan fingerprint density at radius 2 is 1.84 bits per heavy atom. The number of hydrogen-bond acceptors (Lipinski definition) is 13. The van der Waals surface area contributed by atoms with Gasteiger partial charge in [0.1, 0.15) is 18.1 Å². The van der Waals surface area contributed by atoms with E-state index in [1.807, 2.05) is 53.6 Å². The number of carbonyl (C=O) groups is 4. The van der Waals surface area contributed by atoms with E-state index in [1.165, 1.54) is 6.92 Å². The number of amides is 2. The van der Waals surface area contributed by atoms with Gasteiger partial charge in [0, 0.05) is 31.7 Å². The van der Waals surface area contributed by atoms with Crippen LogP contribution < -0.4 is 21.7 Å². The Morgan fingerprint density at radius 3 is 2.41 bits per heavy atom. The van der Waals surface area contributed by atoms with E-state index in [-0.39, 0.29) is 31.1 Å². The van der Waals surface area contributed by atoms with E-state index in [0.717, 1.165) is 0 Å². The van der Waals surface area contributed by atoms with Crippen molar-refractivity contribution < 1.29 is 48.0 Å². The number of ether oxygens (including phenoxy) is 5. The third-order valence-corrected chi connectivity index (χ3v) is 10.7. The number of nitrogens with one attached hydrogen (secondary N) is 3. The normalized spacial score (nSPS) is 41.2. The quantitative estimate of drug-likeness (QED) is 0.158. The number of nitrogens with two attached hydrogens (primary N) is 1. The molecule has 3 saturated heterocycles. The first kappa shape index (κ1) is 41.0. The van der Waals surface area contributed by atoms with Crippen LogP contribution in [-0.2, 0) is 38.1 Å². The topological polar surface area (TPSA) is 200 Å². The Balaban J connectivity index is 2.02. The summed E-state index contributed by atoms with van der Waals surface area (Å²) in [7, 11) is 5.24. The zero-order valence-electron chi connectivity index (χ0n) is 30.9. The van der Waals surface area contributed by atoms with Gasteiger partial charge in [-0.15, -0.1) is 0 Å². The van der Waals surface area contributed by atoms with Gasteiger partial charge >= 0.3 is 12.1 Å². The average molecular weight is 700 g/mol. The molecule has 13 atom stereocenters. The first-order chi connectivity index (χ1) is 22.9. The molecule has 2 amide bonds. The van der Waals surface area contributed by atoms with E-state index < -0.39 is 83.5 Å². The second-order valence-corrected chi connectivity index (χ2v) is 14.6. The van der Waals surface area contributed by atoms with Gasteiger partial charge in [0.15, 0.2) is 17.7 Å². The number of fused-ring (bicyclic) bond motifs is 1. The third kappa shape index (κ3) is 9.29. The number of aliphatic hydroxyl groups excluding tert-OH is 1. The van der Waals surface area contributed by atoms with Crippen molar-refractivity contribution in [3.63, 3.8) is 0 Å². The zero-order valence-corrected chi connectivity index (χ0v) is 30.9. The summed E-state index contributed by atoms with van der Waals surface area (Å²) in [6.45, 7) is 13.6. The Kier molecular flexibility index (Phi) is 14.4. The van der Waals surface area contributed by atoms with E-state index >= 15 is 0 Å². The SMILES string of the molecule is CC[C@H]1OC(=O)C(C)C(=O)[C@H](C)[C@@H](OC2OC(CNCC(N)=O)CC(N(C)C)C2O)[C@](C)(OC)C[C@@H](C)CN[C@H](C)[C@H]2NC(=O)O[C@@]21CC. The molecule has 3 rings (SSSR count). The van der Waals surface area contributed by atoms with Crippen molar-refractivity contribution in [1.82, 2.24) is 20.9 Å². The maximum atomic E-state index is 14.2. The number of carbonyl (C=O) groups excluding carboxylic acids is 4. The van der Waals surface area contributed by atoms with Gasteiger partial charge in [0.05, 0.1) is 30.4 Å². The van der Waals surface area contributed by atoms with Crippen LogP contribution >= 0.6 is 0 Å². The van der Waals surface area contributed by atoms with Gasteiger partial charge in [0.25, 0.3) is 0 Å². The van der Waals surface area contributed by atoms with Crippen LogP contribution in [0.3, 0.4) is 0 Å². The lowest BCUT2D eigenvalue weighted by Gasteiger charge is -2.47. The molecule has 15 heteroatoms. The van der Waals surface area contributed by atoms with Crippen molar-refractivity contribution in [2.45, 2.75) is 134 Å². The summed E-state index contributed by atoms with van der Waals surface area (Å²) in [4.78, 5) is 53.8. The maximum absolute atomic E-state index is 14.2. The molecule has 0 radical (unpaired) electrons. The first-order valence-corrected chi connectivity index (χ1v) is 17.6. The molecule has 0 aromatic heterocycles. The highest BCUT2D eigenvalue weighted by molar-refractivity contribution is 6.00. The van der Waals surface area contributed by atoms with Crippen LogP contribution in [0.15, 0.2) is 0 Å². The number of nitrogens with zero attached hydrogens (tertiary/aromatic N) is 1. The number of hydrogen-bond donors (Lipinski definition) is 5. The summed E-state index contributed by atoms with van der Waals surface area (Å²) in [5, 5.41) is 21.0. The lowest BCUT2D eigenvalue weighted by Crippen LogP contribution is -2.61. The van der Waals surface area contributed by atoms with Crippen LogP contribution in [0.25, 0.3) is 0 Å². The average Bonchev–Trinajstić information content (AvgIpc) is 3.41. The second kappa shape index (κ2) is 17.2. The largest absolute Gasteiger partial charge is 0.457 e. The molecule has 0 aromatic rings. The number of methoxy groups -OCH3 is 1. The predicted molar refractivity (Wildman–Crippen MR) is 180 cm³/mol. The summed E-state index contributed by atoms with van der Waals surface area (Å²) in [6.07, 6.45) is -3.42. The van der Waals surface area contributed by atoms with Crippen LogP contribution in [0.1, 0.15) is 74.1 Å². The summed E-state index contributed by atoms with van der Waals surface area (Å²) in [6, 6.07) is -1.13. The van der Waals surface area contributed by atoms with E-state index in [9.17, 15) is 24.3 Å². The summed E-state index contributed by atoms with van der Waals surface area (Å²) >= 11 is 0. The fourth-order valence-electron chi connectivity index (χ4n) is 7.83. The van der Waals surface area contributed by atoms with Crippen molar-refractivity contribution >= 4 is 23.8 Å². The number of likely N-dealkylation sites (N-methyl/N-ethyl adjacent to an activating group) is 1. The second-order valence-electron chi connectivity index (χ2n) is 14.6. The summed E-state index contributed by atoms with van der Waals surface area (Å²) < 4.78 is 31.0. The van der Waals surface area contributed by atoms with Crippen molar-refractivity contribution in [2.24, 2.45) is 23.5 Å². The van der Waals surface area contributed by atoms with Gasteiger partial charge in [-0.1, -0.05) is 27.7 Å². The van der Waals surface area contributed by atoms with Crippen molar-refractivity contribution in [1.29, 1.82) is 0 Å². The minimum absolute atomic E-state index is 0.0188. The van der Waals surface area contributed by atoms with E-state index in [4.69, 9.17) is 29.4 Å². The molecule has 0 saturated carbocycles. The van der Waals surface area contributed by atoms with Gasteiger partial charge < -0.3 is 55.4 Å². The molecule has 0 aliphatic carbocycles. The molecule has 3 aliphatic rings. The van der Waals surface area contributed by atoms with E-state index in [0.29, 0.717) is 32.2 Å². The number of cyclic esters (lactones) is 1. The summed E-state index contributed by atoms with van der Waals surface area (Å²) in [5.74, 6) is -3.79. The van der Waals surface area contributed by atoms with Crippen LogP contribution in [0.4, 0.5) is 4.79 Å². The van der Waals surface area contributed by atoms with Gasteiger partial charge in [-0.25, -0.2) is 4.79 Å². The summed E-state index contributed by atoms with van der Waals surface area (Å²) in [5.41, 5.74) is 3.08. The molecule has 15 nitrogen and oxygen atoms in total. The van der Waals surface area contributed by atoms with E-state index in [2.05, 4.69) is 16.0 Å². The van der Waals surface area contributed by atoms with Crippen LogP contribution in [0.2, 0.25) is 0 Å². The maximum Gasteiger partial charge on any atom is 0.408 e. The smallest absolute Gasteiger partial charge is 0.408 e. The van der Waals surface area contributed by atoms with Gasteiger partial charge in [0.2, 0.25) is 5.91 Å². The van der Waals surface area contributed by atoms with Gasteiger partial charge in [-0.2, -0.15) is 0 Å². The number of Topliss-reactive ketones (excluding diaryl/α,β-unsaturated/α-hetero) is 1. The highest BCUT2D eigenvalue weighted by Crippen LogP contribution is 2.38. The predicted octanol–water partition coefficient (Wildman–Crippen LogP) is 0.696. The van der Waals surface area contributed by atoms with Crippen molar-refractivity contribution in [3.8, 4) is 0 Å². The highest BCUT2D eigenvalue weighted by atomic mass is 16.7. The standard InChI is InChI=1S/C34H61N5O10/c1-11-24-34(12-2)28(38-32(44)49-34)21(6)37-15-18(3)14-33(7,45-10)29(19(4)26(41)20(5)30(43)47-24)48-31-27(42)23(39(8)9)13-22(46-31)16-36-17-25(35)40/h18-24,27-29,31,36-37,42H,11-17H2,1-10H3,(H2,35,40)(H,38,44)/t18-,19+,20?,21-,22?,23?,24-,27?,28-,29-,31?,33-,34-/m1/s1. The Bertz CT molecular complexity index is 1160. The van der Waals surface area contributed by atoms with Crippen LogP contribution in [-0.4, -0.2) is 135 Å². The van der Waals surface area contributed by atoms with Gasteiger partial charge in [-0.3, -0.25) is 14.4 Å². The molecule has 49 heavy (non-hydrogen) atoms. The lowest BCUT2D eigenvalue weighted by molar-refractivity contribution is -0.297. The van der Waals surface area contributed by atoms with Gasteiger partial charge in [-0.05, 0) is 73.0 Å². The number of rotatable bonds is 10. The molecule has 0 spiro atoms.